The second-order valence-electron chi connectivity index (χ2n) is 2.19. The number of hydrogen-bond acceptors (Lipinski definition) is 2. The van der Waals surface area contributed by atoms with Crippen LogP contribution < -0.4 is 0 Å². The molecule has 0 aromatic rings. The smallest absolute Gasteiger partial charge is 0.0548 e. The average Bonchev–Trinajstić information content (AvgIpc) is 1.82. The largest absolute Gasteiger partial charge is 0.295 e. The molecule has 0 amide bonds. The van der Waals surface area contributed by atoms with Gasteiger partial charge >= 0.3 is 0 Å². The Morgan fingerprint density at radius 1 is 1.33 bits per heavy atom. The summed E-state index contributed by atoms with van der Waals surface area (Å²) < 4.78 is 0. The normalized spacial score (nSPS) is 13.7. The van der Waals surface area contributed by atoms with E-state index < -0.39 is 0 Å². The van der Waals surface area contributed by atoms with E-state index in [0.29, 0.717) is 5.92 Å². The molecule has 0 aliphatic heterocycles. The Labute approximate surface area is 56.7 Å². The predicted octanol–water partition coefficient (Wildman–Crippen LogP) is 1.41. The number of rotatable bonds is 2. The molecule has 0 rings (SSSR count). The van der Waals surface area contributed by atoms with Gasteiger partial charge in [-0.05, 0) is 5.92 Å². The molecule has 0 aromatic heterocycles. The van der Waals surface area contributed by atoms with Gasteiger partial charge in [0, 0.05) is 20.3 Å². The van der Waals surface area contributed by atoms with Gasteiger partial charge in [-0.3, -0.25) is 9.98 Å². The molecule has 0 radical (unpaired) electrons. The SMILES string of the molecule is C/N=C\C(=N/C)C(C)C. The maximum atomic E-state index is 4.04. The lowest BCUT2D eigenvalue weighted by Gasteiger charge is -2.00. The molecule has 0 bridgehead atoms. The Morgan fingerprint density at radius 3 is 2.00 bits per heavy atom. The van der Waals surface area contributed by atoms with E-state index in [1.807, 2.05) is 0 Å². The third kappa shape index (κ3) is 3.01. The summed E-state index contributed by atoms with van der Waals surface area (Å²) in [5, 5.41) is 0. The molecule has 0 saturated carbocycles. The van der Waals surface area contributed by atoms with Gasteiger partial charge in [-0.25, -0.2) is 0 Å². The Bertz CT molecular complexity index is 123. The molecule has 2 heteroatoms. The predicted molar refractivity (Wildman–Crippen MR) is 42.6 cm³/mol. The highest BCUT2D eigenvalue weighted by molar-refractivity contribution is 6.31. The molecule has 0 unspecified atom stereocenters. The molecule has 0 heterocycles. The third-order valence-corrected chi connectivity index (χ3v) is 1.11. The van der Waals surface area contributed by atoms with E-state index in [0.717, 1.165) is 5.71 Å². The fourth-order valence-electron chi connectivity index (χ4n) is 0.597. The summed E-state index contributed by atoms with van der Waals surface area (Å²) in [5.74, 6) is 0.485. The van der Waals surface area contributed by atoms with E-state index in [4.69, 9.17) is 0 Å². The molecule has 0 fully saturated rings. The number of hydrogen-bond donors (Lipinski definition) is 0. The summed E-state index contributed by atoms with van der Waals surface area (Å²) in [4.78, 5) is 7.92. The van der Waals surface area contributed by atoms with Crippen LogP contribution in [0.3, 0.4) is 0 Å². The standard InChI is InChI=1S/C7H14N2/c1-6(2)7(9-4)5-8-3/h5-6H,1-4H3/b8-5-,9-7+. The lowest BCUT2D eigenvalue weighted by atomic mass is 10.1. The lowest BCUT2D eigenvalue weighted by molar-refractivity contribution is 0.893. The summed E-state index contributed by atoms with van der Waals surface area (Å²) >= 11 is 0. The van der Waals surface area contributed by atoms with E-state index in [1.54, 1.807) is 20.3 Å². The molecule has 0 aliphatic carbocycles. The van der Waals surface area contributed by atoms with Crippen molar-refractivity contribution in [2.75, 3.05) is 14.1 Å². The van der Waals surface area contributed by atoms with Crippen molar-refractivity contribution in [2.45, 2.75) is 13.8 Å². The van der Waals surface area contributed by atoms with Gasteiger partial charge in [-0.15, -0.1) is 0 Å². The fourth-order valence-corrected chi connectivity index (χ4v) is 0.597. The van der Waals surface area contributed by atoms with Crippen LogP contribution in [0.1, 0.15) is 13.8 Å². The second-order valence-corrected chi connectivity index (χ2v) is 2.19. The van der Waals surface area contributed by atoms with Gasteiger partial charge in [0.05, 0.1) is 5.71 Å². The van der Waals surface area contributed by atoms with Crippen LogP contribution in [0.15, 0.2) is 9.98 Å². The van der Waals surface area contributed by atoms with Crippen molar-refractivity contribution in [3.05, 3.63) is 0 Å². The van der Waals surface area contributed by atoms with E-state index in [2.05, 4.69) is 23.8 Å². The first-order valence-electron chi connectivity index (χ1n) is 3.11. The Morgan fingerprint density at radius 2 is 1.89 bits per heavy atom. The van der Waals surface area contributed by atoms with Gasteiger partial charge in [0.25, 0.3) is 0 Å². The molecule has 0 saturated heterocycles. The highest BCUT2D eigenvalue weighted by Gasteiger charge is 1.97. The van der Waals surface area contributed by atoms with Crippen molar-refractivity contribution < 1.29 is 0 Å². The van der Waals surface area contributed by atoms with Crippen LogP contribution in [0.5, 0.6) is 0 Å². The first-order chi connectivity index (χ1) is 4.22. The van der Waals surface area contributed by atoms with Gasteiger partial charge in [0.15, 0.2) is 0 Å². The molecule has 2 nitrogen and oxygen atoms in total. The maximum absolute atomic E-state index is 4.04. The molecular weight excluding hydrogens is 112 g/mol. The minimum Gasteiger partial charge on any atom is -0.295 e. The maximum Gasteiger partial charge on any atom is 0.0548 e. The average molecular weight is 126 g/mol. The van der Waals surface area contributed by atoms with Crippen molar-refractivity contribution in [1.29, 1.82) is 0 Å². The Balaban J connectivity index is 4.01. The summed E-state index contributed by atoms with van der Waals surface area (Å²) in [5.41, 5.74) is 1.05. The van der Waals surface area contributed by atoms with Crippen LogP contribution in [0.2, 0.25) is 0 Å². The van der Waals surface area contributed by atoms with Crippen LogP contribution in [-0.4, -0.2) is 26.0 Å². The Hall–Kier alpha value is -0.660. The van der Waals surface area contributed by atoms with E-state index in [1.165, 1.54) is 0 Å². The van der Waals surface area contributed by atoms with Crippen LogP contribution in [0, 0.1) is 5.92 Å². The van der Waals surface area contributed by atoms with Crippen LogP contribution in [0.25, 0.3) is 0 Å². The zero-order chi connectivity index (χ0) is 7.28. The topological polar surface area (TPSA) is 24.7 Å². The van der Waals surface area contributed by atoms with Crippen LogP contribution in [0.4, 0.5) is 0 Å². The highest BCUT2D eigenvalue weighted by Crippen LogP contribution is 1.93. The molecule has 52 valence electrons. The summed E-state index contributed by atoms with van der Waals surface area (Å²) in [6.07, 6.45) is 1.80. The molecular formula is C7H14N2. The molecule has 0 N–H and O–H groups in total. The van der Waals surface area contributed by atoms with Crippen molar-refractivity contribution in [3.63, 3.8) is 0 Å². The summed E-state index contributed by atoms with van der Waals surface area (Å²) in [6, 6.07) is 0. The third-order valence-electron chi connectivity index (χ3n) is 1.11. The van der Waals surface area contributed by atoms with Crippen LogP contribution in [-0.2, 0) is 0 Å². The highest BCUT2D eigenvalue weighted by atomic mass is 14.7. The first-order valence-corrected chi connectivity index (χ1v) is 3.11. The number of aliphatic imine (C=N–C) groups is 2. The zero-order valence-electron chi connectivity index (χ0n) is 6.55. The second kappa shape index (κ2) is 4.24. The van der Waals surface area contributed by atoms with Crippen molar-refractivity contribution >= 4 is 11.9 Å². The van der Waals surface area contributed by atoms with E-state index in [-0.39, 0.29) is 0 Å². The molecule has 0 spiro atoms. The zero-order valence-corrected chi connectivity index (χ0v) is 6.55. The minimum atomic E-state index is 0.485. The lowest BCUT2D eigenvalue weighted by Crippen LogP contribution is -2.08. The van der Waals surface area contributed by atoms with Crippen LogP contribution >= 0.6 is 0 Å². The Kier molecular flexibility index (Phi) is 3.93. The van der Waals surface area contributed by atoms with Gasteiger partial charge in [0.2, 0.25) is 0 Å². The minimum absolute atomic E-state index is 0.485. The summed E-state index contributed by atoms with van der Waals surface area (Å²) in [6.45, 7) is 4.20. The van der Waals surface area contributed by atoms with Gasteiger partial charge < -0.3 is 0 Å². The van der Waals surface area contributed by atoms with Crippen molar-refractivity contribution in [2.24, 2.45) is 15.9 Å². The van der Waals surface area contributed by atoms with Crippen molar-refractivity contribution in [3.8, 4) is 0 Å². The molecule has 0 aromatic carbocycles. The van der Waals surface area contributed by atoms with Gasteiger partial charge in [-0.2, -0.15) is 0 Å². The van der Waals surface area contributed by atoms with Gasteiger partial charge in [0.1, 0.15) is 0 Å². The van der Waals surface area contributed by atoms with Crippen molar-refractivity contribution in [1.82, 2.24) is 0 Å². The first kappa shape index (κ1) is 8.34. The fraction of sp³-hybridized carbons (Fsp3) is 0.714. The van der Waals surface area contributed by atoms with E-state index >= 15 is 0 Å². The molecule has 9 heavy (non-hydrogen) atoms. The molecule has 0 aliphatic rings. The van der Waals surface area contributed by atoms with E-state index in [9.17, 15) is 0 Å². The summed E-state index contributed by atoms with van der Waals surface area (Å²) in [7, 11) is 3.55. The number of nitrogens with zero attached hydrogens (tertiary/aromatic N) is 2. The monoisotopic (exact) mass is 126 g/mol. The molecule has 0 atom stereocenters. The quantitative estimate of drug-likeness (QED) is 0.500. The van der Waals surface area contributed by atoms with Gasteiger partial charge in [-0.1, -0.05) is 13.8 Å².